The summed E-state index contributed by atoms with van der Waals surface area (Å²) in [5.74, 6) is 0.656. The predicted octanol–water partition coefficient (Wildman–Crippen LogP) is 4.03. The van der Waals surface area contributed by atoms with Crippen LogP contribution in [-0.4, -0.2) is 19.0 Å². The van der Waals surface area contributed by atoms with Gasteiger partial charge < -0.3 is 10.2 Å². The molecule has 0 bridgehead atoms. The van der Waals surface area contributed by atoms with Gasteiger partial charge >= 0.3 is 0 Å². The van der Waals surface area contributed by atoms with Gasteiger partial charge in [0.25, 0.3) is 0 Å². The minimum atomic E-state index is 0.118. The van der Waals surface area contributed by atoms with Crippen LogP contribution in [0.3, 0.4) is 0 Å². The van der Waals surface area contributed by atoms with Crippen LogP contribution >= 0.6 is 0 Å². The quantitative estimate of drug-likeness (QED) is 0.925. The first-order valence-corrected chi connectivity index (χ1v) is 8.52. The van der Waals surface area contributed by atoms with Crippen LogP contribution in [0.2, 0.25) is 0 Å². The van der Waals surface area contributed by atoms with Crippen molar-refractivity contribution in [2.24, 2.45) is 5.92 Å². The van der Waals surface area contributed by atoms with Crippen molar-refractivity contribution in [1.29, 1.82) is 0 Å². The van der Waals surface area contributed by atoms with Crippen molar-refractivity contribution >= 4 is 17.3 Å². The molecule has 1 saturated heterocycles. The second-order valence-electron chi connectivity index (χ2n) is 6.59. The van der Waals surface area contributed by atoms with Crippen molar-refractivity contribution in [3.8, 4) is 0 Å². The fourth-order valence-electron chi connectivity index (χ4n) is 3.54. The zero-order valence-corrected chi connectivity index (χ0v) is 13.2. The molecule has 1 amide bonds. The molecule has 1 N–H and O–H groups in total. The minimum absolute atomic E-state index is 0.118. The Morgan fingerprint density at radius 3 is 2.57 bits per heavy atom. The maximum atomic E-state index is 12.5. The van der Waals surface area contributed by atoms with Gasteiger partial charge in [0.15, 0.2) is 0 Å². The predicted molar refractivity (Wildman–Crippen MR) is 93.8 cm³/mol. The molecule has 1 saturated carbocycles. The van der Waals surface area contributed by atoms with Crippen molar-refractivity contribution in [2.75, 3.05) is 23.3 Å². The van der Waals surface area contributed by atoms with Gasteiger partial charge in [0.05, 0.1) is 0 Å². The molecule has 0 radical (unpaired) electrons. The molecule has 1 aliphatic heterocycles. The first-order valence-electron chi connectivity index (χ1n) is 8.52. The number of carbonyl (C=O) groups is 1. The molecule has 2 aliphatic rings. The Morgan fingerprint density at radius 1 is 1.00 bits per heavy atom. The molecule has 3 heteroatoms. The van der Waals surface area contributed by atoms with Gasteiger partial charge in [0.2, 0.25) is 5.91 Å². The van der Waals surface area contributed by atoms with Crippen LogP contribution in [0.5, 0.6) is 0 Å². The first kappa shape index (κ1) is 14.3. The Hall–Kier alpha value is -2.29. The molecule has 2 fully saturated rings. The average molecular weight is 306 g/mol. The summed E-state index contributed by atoms with van der Waals surface area (Å²) in [5, 5.41) is 3.10. The lowest BCUT2D eigenvalue weighted by Gasteiger charge is -2.18. The zero-order valence-electron chi connectivity index (χ0n) is 13.2. The van der Waals surface area contributed by atoms with E-state index in [1.165, 1.54) is 24.1 Å². The number of carbonyl (C=O) groups excluding carboxylic acids is 1. The minimum Gasteiger partial charge on any atom is -0.371 e. The monoisotopic (exact) mass is 306 g/mol. The van der Waals surface area contributed by atoms with Crippen LogP contribution in [-0.2, 0) is 4.79 Å². The van der Waals surface area contributed by atoms with Gasteiger partial charge in [0.1, 0.15) is 0 Å². The van der Waals surface area contributed by atoms with Gasteiger partial charge in [-0.1, -0.05) is 36.4 Å². The van der Waals surface area contributed by atoms with Crippen molar-refractivity contribution in [3.63, 3.8) is 0 Å². The molecule has 2 unspecified atom stereocenters. The van der Waals surface area contributed by atoms with Crippen LogP contribution in [0.25, 0.3) is 0 Å². The molecule has 118 valence electrons. The molecule has 1 aliphatic carbocycles. The second kappa shape index (κ2) is 6.07. The Bertz CT molecular complexity index is 692. The number of amides is 1. The summed E-state index contributed by atoms with van der Waals surface area (Å²) in [4.78, 5) is 14.9. The highest BCUT2D eigenvalue weighted by molar-refractivity contribution is 5.95. The van der Waals surface area contributed by atoms with E-state index in [4.69, 9.17) is 0 Å². The van der Waals surface area contributed by atoms with E-state index in [1.807, 2.05) is 30.3 Å². The lowest BCUT2D eigenvalue weighted by Crippen LogP contribution is -2.18. The van der Waals surface area contributed by atoms with Gasteiger partial charge in [-0.05, 0) is 48.9 Å². The van der Waals surface area contributed by atoms with Gasteiger partial charge in [0, 0.05) is 30.4 Å². The van der Waals surface area contributed by atoms with Crippen LogP contribution in [0.15, 0.2) is 54.6 Å². The molecule has 3 nitrogen and oxygen atoms in total. The molecule has 2 aromatic carbocycles. The molecular formula is C20H22N2O. The largest absolute Gasteiger partial charge is 0.371 e. The highest BCUT2D eigenvalue weighted by Crippen LogP contribution is 2.47. The number of nitrogens with zero attached hydrogens (tertiary/aromatic N) is 1. The summed E-state index contributed by atoms with van der Waals surface area (Å²) in [6.07, 6.45) is 3.48. The summed E-state index contributed by atoms with van der Waals surface area (Å²) < 4.78 is 0. The van der Waals surface area contributed by atoms with E-state index < -0.39 is 0 Å². The SMILES string of the molecule is O=C(Nc1cccc(N2CCCC2)c1)C1CC1c1ccccc1. The maximum absolute atomic E-state index is 12.5. The molecule has 1 heterocycles. The molecule has 2 aromatic rings. The number of hydrogen-bond acceptors (Lipinski definition) is 2. The Kier molecular flexibility index (Phi) is 3.78. The highest BCUT2D eigenvalue weighted by Gasteiger charge is 2.43. The standard InChI is InChI=1S/C20H22N2O/c23-20(19-14-18(19)15-7-2-1-3-8-15)21-16-9-6-10-17(13-16)22-11-4-5-12-22/h1-3,6-10,13,18-19H,4-5,11-12,14H2,(H,21,23). The summed E-state index contributed by atoms with van der Waals surface area (Å²) in [6, 6.07) is 18.6. The Labute approximate surface area is 137 Å². The van der Waals surface area contributed by atoms with Crippen molar-refractivity contribution in [3.05, 3.63) is 60.2 Å². The molecule has 23 heavy (non-hydrogen) atoms. The van der Waals surface area contributed by atoms with Gasteiger partial charge in [-0.2, -0.15) is 0 Å². The third-order valence-electron chi connectivity index (χ3n) is 4.94. The van der Waals surface area contributed by atoms with Crippen molar-refractivity contribution in [1.82, 2.24) is 0 Å². The maximum Gasteiger partial charge on any atom is 0.228 e. The zero-order chi connectivity index (χ0) is 15.6. The van der Waals surface area contributed by atoms with E-state index in [2.05, 4.69) is 34.5 Å². The van der Waals surface area contributed by atoms with Crippen LogP contribution < -0.4 is 10.2 Å². The second-order valence-corrected chi connectivity index (χ2v) is 6.59. The van der Waals surface area contributed by atoms with Crippen LogP contribution in [0.1, 0.15) is 30.7 Å². The topological polar surface area (TPSA) is 32.3 Å². The smallest absolute Gasteiger partial charge is 0.228 e. The summed E-state index contributed by atoms with van der Waals surface area (Å²) >= 11 is 0. The number of benzene rings is 2. The lowest BCUT2D eigenvalue weighted by atomic mass is 10.1. The Morgan fingerprint density at radius 2 is 1.78 bits per heavy atom. The molecular weight excluding hydrogens is 284 g/mol. The van der Waals surface area contributed by atoms with Gasteiger partial charge in [-0.25, -0.2) is 0 Å². The van der Waals surface area contributed by atoms with E-state index in [-0.39, 0.29) is 11.8 Å². The third kappa shape index (κ3) is 3.09. The van der Waals surface area contributed by atoms with E-state index in [0.29, 0.717) is 5.92 Å². The summed E-state index contributed by atoms with van der Waals surface area (Å²) in [5.41, 5.74) is 3.41. The summed E-state index contributed by atoms with van der Waals surface area (Å²) in [7, 11) is 0. The third-order valence-corrected chi connectivity index (χ3v) is 4.94. The lowest BCUT2D eigenvalue weighted by molar-refractivity contribution is -0.117. The number of nitrogens with one attached hydrogen (secondary N) is 1. The first-order chi connectivity index (χ1) is 11.3. The molecule has 0 aromatic heterocycles. The molecule has 2 atom stereocenters. The van der Waals surface area contributed by atoms with E-state index in [1.54, 1.807) is 0 Å². The summed E-state index contributed by atoms with van der Waals surface area (Å²) in [6.45, 7) is 2.24. The van der Waals surface area contributed by atoms with Gasteiger partial charge in [-0.3, -0.25) is 4.79 Å². The fourth-order valence-corrected chi connectivity index (χ4v) is 3.54. The number of hydrogen-bond donors (Lipinski definition) is 1. The van der Waals surface area contributed by atoms with Crippen LogP contribution in [0.4, 0.5) is 11.4 Å². The average Bonchev–Trinajstić information content (AvgIpc) is 3.21. The normalized spacial score (nSPS) is 22.9. The van der Waals surface area contributed by atoms with Gasteiger partial charge in [-0.15, -0.1) is 0 Å². The Balaban J connectivity index is 1.41. The molecule has 4 rings (SSSR count). The molecule has 0 spiro atoms. The van der Waals surface area contributed by atoms with E-state index in [0.717, 1.165) is 25.2 Å². The van der Waals surface area contributed by atoms with Crippen molar-refractivity contribution in [2.45, 2.75) is 25.2 Å². The number of anilines is 2. The highest BCUT2D eigenvalue weighted by atomic mass is 16.2. The fraction of sp³-hybridized carbons (Fsp3) is 0.350. The van der Waals surface area contributed by atoms with Crippen LogP contribution in [0, 0.1) is 5.92 Å². The number of rotatable bonds is 4. The van der Waals surface area contributed by atoms with E-state index >= 15 is 0 Å². The van der Waals surface area contributed by atoms with Crippen molar-refractivity contribution < 1.29 is 4.79 Å². The van der Waals surface area contributed by atoms with E-state index in [9.17, 15) is 4.79 Å².